The highest BCUT2D eigenvalue weighted by atomic mass is 16.5. The van der Waals surface area contributed by atoms with Crippen molar-refractivity contribution in [2.45, 2.75) is 39.0 Å². The molecule has 116 valence electrons. The summed E-state index contributed by atoms with van der Waals surface area (Å²) in [5.74, 6) is 3.04. The zero-order valence-corrected chi connectivity index (χ0v) is 13.0. The van der Waals surface area contributed by atoms with E-state index in [0.717, 1.165) is 30.9 Å². The maximum absolute atomic E-state index is 5.46. The van der Waals surface area contributed by atoms with Gasteiger partial charge in [0.05, 0.1) is 6.61 Å². The highest BCUT2D eigenvalue weighted by Gasteiger charge is 2.32. The van der Waals surface area contributed by atoms with E-state index in [9.17, 15) is 0 Å². The van der Waals surface area contributed by atoms with Crippen LogP contribution in [0.5, 0.6) is 6.01 Å². The van der Waals surface area contributed by atoms with Crippen molar-refractivity contribution in [3.8, 4) is 6.01 Å². The van der Waals surface area contributed by atoms with Gasteiger partial charge in [0, 0.05) is 20.1 Å². The predicted octanol–water partition coefficient (Wildman–Crippen LogP) is 2.33. The Bertz CT molecular complexity index is 481. The molecule has 0 bridgehead atoms. The van der Waals surface area contributed by atoms with E-state index in [0.29, 0.717) is 18.6 Å². The smallest absolute Gasteiger partial charge is 0.323 e. The number of ether oxygens (including phenoxy) is 1. The number of hydrogen-bond donors (Lipinski definition) is 1. The highest BCUT2D eigenvalue weighted by Crippen LogP contribution is 2.37. The molecule has 0 amide bonds. The van der Waals surface area contributed by atoms with E-state index in [1.54, 1.807) is 0 Å². The van der Waals surface area contributed by atoms with E-state index in [4.69, 9.17) is 4.74 Å². The second-order valence-corrected chi connectivity index (χ2v) is 5.96. The summed E-state index contributed by atoms with van der Waals surface area (Å²) in [7, 11) is 1.82. The summed E-state index contributed by atoms with van der Waals surface area (Å²) in [6.07, 6.45) is 6.80. The van der Waals surface area contributed by atoms with Gasteiger partial charge in [0.25, 0.3) is 0 Å². The predicted molar refractivity (Wildman–Crippen MR) is 82.8 cm³/mol. The minimum atomic E-state index is 0.414. The molecule has 1 saturated heterocycles. The van der Waals surface area contributed by atoms with Crippen LogP contribution in [0.4, 0.5) is 11.9 Å². The van der Waals surface area contributed by atoms with Crippen LogP contribution in [-0.2, 0) is 0 Å². The van der Waals surface area contributed by atoms with Gasteiger partial charge in [-0.1, -0.05) is 19.3 Å². The van der Waals surface area contributed by atoms with Gasteiger partial charge in [-0.2, -0.15) is 15.0 Å². The first-order valence-electron chi connectivity index (χ1n) is 8.11. The zero-order chi connectivity index (χ0) is 14.7. The molecule has 0 aromatic carbocycles. The van der Waals surface area contributed by atoms with E-state index in [-0.39, 0.29) is 0 Å². The third kappa shape index (κ3) is 3.19. The van der Waals surface area contributed by atoms with Gasteiger partial charge < -0.3 is 15.0 Å². The Labute approximate surface area is 126 Å². The van der Waals surface area contributed by atoms with Crippen molar-refractivity contribution in [2.75, 3.05) is 37.0 Å². The largest absolute Gasteiger partial charge is 0.464 e. The van der Waals surface area contributed by atoms with E-state index in [2.05, 4.69) is 25.2 Å². The maximum atomic E-state index is 5.46. The lowest BCUT2D eigenvalue weighted by Crippen LogP contribution is -2.42. The van der Waals surface area contributed by atoms with Crippen LogP contribution in [-0.4, -0.2) is 41.7 Å². The van der Waals surface area contributed by atoms with E-state index < -0.39 is 0 Å². The lowest BCUT2D eigenvalue weighted by Gasteiger charge is -2.41. The van der Waals surface area contributed by atoms with E-state index in [1.165, 1.54) is 32.1 Å². The van der Waals surface area contributed by atoms with Gasteiger partial charge in [-0.15, -0.1) is 0 Å². The molecule has 1 aromatic rings. The molecular formula is C15H25N5O. The van der Waals surface area contributed by atoms with Gasteiger partial charge in [0.2, 0.25) is 11.9 Å². The van der Waals surface area contributed by atoms with Crippen LogP contribution in [0, 0.1) is 11.8 Å². The molecule has 2 aliphatic rings. The molecule has 2 atom stereocenters. The molecule has 2 unspecified atom stereocenters. The molecule has 6 heteroatoms. The summed E-state index contributed by atoms with van der Waals surface area (Å²) >= 11 is 0. The molecule has 0 radical (unpaired) electrons. The van der Waals surface area contributed by atoms with E-state index >= 15 is 0 Å². The van der Waals surface area contributed by atoms with Gasteiger partial charge in [-0.3, -0.25) is 0 Å². The van der Waals surface area contributed by atoms with Gasteiger partial charge >= 0.3 is 6.01 Å². The van der Waals surface area contributed by atoms with Crippen LogP contribution >= 0.6 is 0 Å². The molecule has 21 heavy (non-hydrogen) atoms. The molecule has 2 heterocycles. The fraction of sp³-hybridized carbons (Fsp3) is 0.800. The van der Waals surface area contributed by atoms with Crippen molar-refractivity contribution in [2.24, 2.45) is 11.8 Å². The van der Waals surface area contributed by atoms with Crippen LogP contribution in [0.3, 0.4) is 0 Å². The molecule has 1 aromatic heterocycles. The van der Waals surface area contributed by atoms with Crippen molar-refractivity contribution in [1.82, 2.24) is 15.0 Å². The first-order chi connectivity index (χ1) is 10.3. The molecular weight excluding hydrogens is 266 g/mol. The van der Waals surface area contributed by atoms with Gasteiger partial charge in [0.15, 0.2) is 0 Å². The summed E-state index contributed by atoms with van der Waals surface area (Å²) < 4.78 is 5.46. The standard InChI is InChI=1S/C15H25N5O/c1-3-21-15-18-13(16-2)17-14(19-15)20-9-8-11-6-4-5-7-12(11)10-20/h11-12H,3-10H2,1-2H3,(H,16,17,18,19). The molecule has 1 aliphatic heterocycles. The Morgan fingerprint density at radius 3 is 2.71 bits per heavy atom. The van der Waals surface area contributed by atoms with Crippen molar-refractivity contribution in [3.05, 3.63) is 0 Å². The molecule has 6 nitrogen and oxygen atoms in total. The Morgan fingerprint density at radius 1 is 1.14 bits per heavy atom. The number of fused-ring (bicyclic) bond motifs is 1. The molecule has 1 aliphatic carbocycles. The van der Waals surface area contributed by atoms with Gasteiger partial charge in [0.1, 0.15) is 0 Å². The number of aromatic nitrogens is 3. The number of rotatable bonds is 4. The van der Waals surface area contributed by atoms with E-state index in [1.807, 2.05) is 14.0 Å². The summed E-state index contributed by atoms with van der Waals surface area (Å²) in [5.41, 5.74) is 0. The van der Waals surface area contributed by atoms with Crippen LogP contribution in [0.2, 0.25) is 0 Å². The number of nitrogens with one attached hydrogen (secondary N) is 1. The summed E-state index contributed by atoms with van der Waals surface area (Å²) in [6.45, 7) is 4.62. The maximum Gasteiger partial charge on any atom is 0.323 e. The Balaban J connectivity index is 1.77. The average Bonchev–Trinajstić information content (AvgIpc) is 2.54. The SMILES string of the molecule is CCOc1nc(NC)nc(N2CCC3CCCCC3C2)n1. The number of nitrogens with zero attached hydrogens (tertiary/aromatic N) is 4. The van der Waals surface area contributed by atoms with Crippen molar-refractivity contribution in [3.63, 3.8) is 0 Å². The number of piperidine rings is 1. The minimum Gasteiger partial charge on any atom is -0.464 e. The summed E-state index contributed by atoms with van der Waals surface area (Å²) in [4.78, 5) is 15.5. The van der Waals surface area contributed by atoms with Crippen LogP contribution in [0.1, 0.15) is 39.0 Å². The Hall–Kier alpha value is -1.59. The summed E-state index contributed by atoms with van der Waals surface area (Å²) in [5, 5.41) is 2.99. The van der Waals surface area contributed by atoms with Gasteiger partial charge in [-0.05, 0) is 31.6 Å². The fourth-order valence-electron chi connectivity index (χ4n) is 3.58. The molecule has 1 N–H and O–H groups in total. The lowest BCUT2D eigenvalue weighted by molar-refractivity contribution is 0.201. The molecule has 1 saturated carbocycles. The normalized spacial score (nSPS) is 25.3. The second-order valence-electron chi connectivity index (χ2n) is 5.96. The Kier molecular flexibility index (Phi) is 4.41. The Morgan fingerprint density at radius 2 is 1.95 bits per heavy atom. The van der Waals surface area contributed by atoms with Crippen molar-refractivity contribution < 1.29 is 4.74 Å². The minimum absolute atomic E-state index is 0.414. The monoisotopic (exact) mass is 291 g/mol. The van der Waals surface area contributed by atoms with Crippen LogP contribution in [0.15, 0.2) is 0 Å². The molecule has 0 spiro atoms. The van der Waals surface area contributed by atoms with Crippen molar-refractivity contribution >= 4 is 11.9 Å². The first kappa shape index (κ1) is 14.4. The van der Waals surface area contributed by atoms with Crippen LogP contribution in [0.25, 0.3) is 0 Å². The second kappa shape index (κ2) is 6.45. The van der Waals surface area contributed by atoms with Gasteiger partial charge in [-0.25, -0.2) is 0 Å². The molecule has 3 rings (SSSR count). The zero-order valence-electron chi connectivity index (χ0n) is 13.0. The fourth-order valence-corrected chi connectivity index (χ4v) is 3.58. The first-order valence-corrected chi connectivity index (χ1v) is 8.11. The van der Waals surface area contributed by atoms with Crippen LogP contribution < -0.4 is 15.0 Å². The summed E-state index contributed by atoms with van der Waals surface area (Å²) in [6, 6.07) is 0.414. The molecule has 2 fully saturated rings. The lowest BCUT2D eigenvalue weighted by atomic mass is 9.75. The quantitative estimate of drug-likeness (QED) is 0.918. The van der Waals surface area contributed by atoms with Crippen molar-refractivity contribution in [1.29, 1.82) is 0 Å². The highest BCUT2D eigenvalue weighted by molar-refractivity contribution is 5.38. The third-order valence-electron chi connectivity index (χ3n) is 4.67. The number of anilines is 2. The third-order valence-corrected chi connectivity index (χ3v) is 4.67. The average molecular weight is 291 g/mol. The number of hydrogen-bond acceptors (Lipinski definition) is 6. The topological polar surface area (TPSA) is 63.2 Å².